The summed E-state index contributed by atoms with van der Waals surface area (Å²) in [5, 5.41) is 11.8. The van der Waals surface area contributed by atoms with Crippen molar-refractivity contribution in [2.75, 3.05) is 31.1 Å². The Bertz CT molecular complexity index is 989. The maximum absolute atomic E-state index is 12.5. The van der Waals surface area contributed by atoms with Crippen LogP contribution >= 0.6 is 22.7 Å². The van der Waals surface area contributed by atoms with Crippen LogP contribution in [0.3, 0.4) is 0 Å². The lowest BCUT2D eigenvalue weighted by atomic mass is 10.2. The number of hydrogen-bond donors (Lipinski definition) is 0. The molecule has 3 aromatic rings. The summed E-state index contributed by atoms with van der Waals surface area (Å²) < 4.78 is 1.17. The van der Waals surface area contributed by atoms with E-state index in [9.17, 15) is 14.9 Å². The Balaban J connectivity index is 1.45. The van der Waals surface area contributed by atoms with Crippen molar-refractivity contribution in [3.8, 4) is 0 Å². The number of anilines is 1. The highest BCUT2D eigenvalue weighted by Crippen LogP contribution is 2.31. The van der Waals surface area contributed by atoms with Crippen LogP contribution in [-0.4, -0.2) is 46.9 Å². The average Bonchev–Trinajstić information content (AvgIpc) is 3.29. The zero-order valence-electron chi connectivity index (χ0n) is 14.0. The minimum absolute atomic E-state index is 0.00293. The van der Waals surface area contributed by atoms with Gasteiger partial charge >= 0.3 is 5.00 Å². The summed E-state index contributed by atoms with van der Waals surface area (Å²) in [4.78, 5) is 32.0. The van der Waals surface area contributed by atoms with E-state index in [0.29, 0.717) is 31.1 Å². The number of benzene rings is 1. The molecule has 0 N–H and O–H groups in total. The second kappa shape index (κ2) is 6.65. The van der Waals surface area contributed by atoms with Crippen molar-refractivity contribution in [3.63, 3.8) is 0 Å². The van der Waals surface area contributed by atoms with Gasteiger partial charge in [0.25, 0.3) is 5.91 Å². The molecule has 4 rings (SSSR count). The Hall–Kier alpha value is -2.52. The minimum atomic E-state index is -0.464. The Morgan fingerprint density at radius 1 is 1.15 bits per heavy atom. The van der Waals surface area contributed by atoms with Crippen LogP contribution in [0.25, 0.3) is 10.2 Å². The Labute approximate surface area is 157 Å². The number of thiophene rings is 1. The van der Waals surface area contributed by atoms with Gasteiger partial charge in [-0.2, -0.15) is 0 Å². The molecular weight excluding hydrogens is 372 g/mol. The second-order valence-corrected chi connectivity index (χ2v) is 8.16. The van der Waals surface area contributed by atoms with Crippen molar-refractivity contribution >= 4 is 48.9 Å². The molecule has 1 saturated heterocycles. The Morgan fingerprint density at radius 2 is 1.92 bits per heavy atom. The summed E-state index contributed by atoms with van der Waals surface area (Å²) in [5.41, 5.74) is 2.20. The quantitative estimate of drug-likeness (QED) is 0.506. The summed E-state index contributed by atoms with van der Waals surface area (Å²) in [6, 6.07) is 9.09. The predicted octanol–water partition coefficient (Wildman–Crippen LogP) is 3.54. The molecule has 1 aromatic carbocycles. The van der Waals surface area contributed by atoms with Gasteiger partial charge in [0, 0.05) is 32.2 Å². The largest absolute Gasteiger partial charge is 0.345 e. The second-order valence-electron chi connectivity index (χ2n) is 6.09. The third-order valence-corrected chi connectivity index (χ3v) is 6.54. The molecule has 134 valence electrons. The zero-order chi connectivity index (χ0) is 18.3. The number of aromatic nitrogens is 1. The monoisotopic (exact) mass is 388 g/mol. The fourth-order valence-corrected chi connectivity index (χ4v) is 4.89. The van der Waals surface area contributed by atoms with E-state index < -0.39 is 4.92 Å². The van der Waals surface area contributed by atoms with Crippen molar-refractivity contribution in [2.24, 2.45) is 0 Å². The highest BCUT2D eigenvalue weighted by Gasteiger charge is 2.26. The van der Waals surface area contributed by atoms with Crippen LogP contribution in [0.15, 0.2) is 30.3 Å². The molecule has 0 radical (unpaired) electrons. The maximum Gasteiger partial charge on any atom is 0.324 e. The first-order chi connectivity index (χ1) is 12.5. The van der Waals surface area contributed by atoms with Gasteiger partial charge in [-0.3, -0.25) is 14.9 Å². The van der Waals surface area contributed by atoms with Gasteiger partial charge in [-0.1, -0.05) is 34.8 Å². The van der Waals surface area contributed by atoms with E-state index in [4.69, 9.17) is 4.98 Å². The van der Waals surface area contributed by atoms with E-state index in [-0.39, 0.29) is 10.9 Å². The number of hydrogen-bond acceptors (Lipinski definition) is 7. The van der Waals surface area contributed by atoms with E-state index in [1.165, 1.54) is 16.8 Å². The van der Waals surface area contributed by atoms with Gasteiger partial charge in [-0.05, 0) is 24.6 Å². The number of nitro groups is 1. The minimum Gasteiger partial charge on any atom is -0.345 e. The molecule has 1 fully saturated rings. The fourth-order valence-electron chi connectivity index (χ4n) is 3.01. The number of carbonyl (C=O) groups excluding carboxylic acids is 1. The van der Waals surface area contributed by atoms with E-state index in [1.807, 2.05) is 6.07 Å². The van der Waals surface area contributed by atoms with Gasteiger partial charge < -0.3 is 9.80 Å². The molecule has 1 aliphatic rings. The molecule has 0 atom stereocenters. The van der Waals surface area contributed by atoms with Crippen molar-refractivity contribution in [1.29, 1.82) is 0 Å². The van der Waals surface area contributed by atoms with Gasteiger partial charge in [0.05, 0.1) is 20.0 Å². The first-order valence-corrected chi connectivity index (χ1v) is 9.81. The van der Waals surface area contributed by atoms with Crippen molar-refractivity contribution < 1.29 is 9.72 Å². The Morgan fingerprint density at radius 3 is 2.58 bits per heavy atom. The van der Waals surface area contributed by atoms with E-state index in [1.54, 1.807) is 16.2 Å². The molecule has 0 unspecified atom stereocenters. The van der Waals surface area contributed by atoms with Crippen LogP contribution in [0.2, 0.25) is 0 Å². The van der Waals surface area contributed by atoms with Gasteiger partial charge in [0.2, 0.25) is 0 Å². The summed E-state index contributed by atoms with van der Waals surface area (Å²) in [6.45, 7) is 4.64. The standard InChI is InChI=1S/C17H16N4O3S2/c1-11-3-2-4-12-15(11)18-17(26-12)20-9-7-19(8-10-20)16(22)13-5-6-14(25-13)21(23)24/h2-6H,7-10H2,1H3. The van der Waals surface area contributed by atoms with Crippen LogP contribution in [0, 0.1) is 17.0 Å². The third kappa shape index (κ3) is 3.04. The predicted molar refractivity (Wildman–Crippen MR) is 103 cm³/mol. The van der Waals surface area contributed by atoms with Crippen LogP contribution in [0.1, 0.15) is 15.2 Å². The molecule has 7 nitrogen and oxygen atoms in total. The summed E-state index contributed by atoms with van der Waals surface area (Å²) in [7, 11) is 0. The number of amides is 1. The lowest BCUT2D eigenvalue weighted by Gasteiger charge is -2.34. The van der Waals surface area contributed by atoms with Gasteiger partial charge in [0.1, 0.15) is 0 Å². The van der Waals surface area contributed by atoms with Crippen molar-refractivity contribution in [2.45, 2.75) is 6.92 Å². The lowest BCUT2D eigenvalue weighted by molar-refractivity contribution is -0.380. The maximum atomic E-state index is 12.5. The average molecular weight is 388 g/mol. The number of piperazine rings is 1. The smallest absolute Gasteiger partial charge is 0.324 e. The van der Waals surface area contributed by atoms with Gasteiger partial charge in [-0.15, -0.1) is 0 Å². The Kier molecular flexibility index (Phi) is 4.33. The highest BCUT2D eigenvalue weighted by molar-refractivity contribution is 7.22. The molecule has 26 heavy (non-hydrogen) atoms. The van der Waals surface area contributed by atoms with Crippen LogP contribution in [0.5, 0.6) is 0 Å². The first kappa shape index (κ1) is 16.9. The number of rotatable bonds is 3. The molecule has 9 heteroatoms. The SMILES string of the molecule is Cc1cccc2sc(N3CCN(C(=O)c4ccc([N+](=O)[O-])s4)CC3)nc12. The fraction of sp³-hybridized carbons (Fsp3) is 0.294. The normalized spacial score (nSPS) is 14.8. The van der Waals surface area contributed by atoms with Crippen LogP contribution < -0.4 is 4.90 Å². The molecule has 0 spiro atoms. The van der Waals surface area contributed by atoms with E-state index in [0.717, 1.165) is 27.5 Å². The number of carbonyl (C=O) groups is 1. The summed E-state index contributed by atoms with van der Waals surface area (Å²) >= 11 is 2.60. The van der Waals surface area contributed by atoms with E-state index in [2.05, 4.69) is 24.0 Å². The number of para-hydroxylation sites is 1. The van der Waals surface area contributed by atoms with Gasteiger partial charge in [0.15, 0.2) is 5.13 Å². The molecule has 2 aromatic heterocycles. The van der Waals surface area contributed by atoms with E-state index >= 15 is 0 Å². The summed E-state index contributed by atoms with van der Waals surface area (Å²) in [6.07, 6.45) is 0. The number of aryl methyl sites for hydroxylation is 1. The van der Waals surface area contributed by atoms with Gasteiger partial charge in [-0.25, -0.2) is 4.98 Å². The number of thiazole rings is 1. The zero-order valence-corrected chi connectivity index (χ0v) is 15.7. The molecule has 0 bridgehead atoms. The number of fused-ring (bicyclic) bond motifs is 1. The molecule has 1 amide bonds. The van der Waals surface area contributed by atoms with Crippen LogP contribution in [-0.2, 0) is 0 Å². The molecule has 1 aliphatic heterocycles. The molecule has 0 aliphatic carbocycles. The molecule has 3 heterocycles. The highest BCUT2D eigenvalue weighted by atomic mass is 32.1. The molecule has 0 saturated carbocycles. The lowest BCUT2D eigenvalue weighted by Crippen LogP contribution is -2.48. The van der Waals surface area contributed by atoms with Crippen molar-refractivity contribution in [1.82, 2.24) is 9.88 Å². The first-order valence-electron chi connectivity index (χ1n) is 8.17. The van der Waals surface area contributed by atoms with Crippen molar-refractivity contribution in [3.05, 3.63) is 50.9 Å². The summed E-state index contributed by atoms with van der Waals surface area (Å²) in [5.74, 6) is -0.136. The topological polar surface area (TPSA) is 79.6 Å². The number of nitrogens with zero attached hydrogens (tertiary/aromatic N) is 4. The van der Waals surface area contributed by atoms with Crippen LogP contribution in [0.4, 0.5) is 10.1 Å². The third-order valence-electron chi connectivity index (χ3n) is 4.43. The molecular formula is C17H16N4O3S2.